The number of hydrogen-bond acceptors (Lipinski definition) is 8. The molecule has 1 atom stereocenters. The SMILES string of the molecule is COCc1nc(OC)c2c(C)c(C(=O)NC(C)c3cccc(OCc4ccccn4)c3)sc2n1. The fourth-order valence-corrected chi connectivity index (χ4v) is 4.66. The summed E-state index contributed by atoms with van der Waals surface area (Å²) in [4.78, 5) is 27.6. The Bertz CT molecular complexity index is 1290. The Hall–Kier alpha value is -3.56. The molecular formula is C25H26N4O4S. The number of thiophene rings is 1. The van der Waals surface area contributed by atoms with Crippen molar-refractivity contribution in [1.82, 2.24) is 20.3 Å². The maximum atomic E-state index is 13.2. The Morgan fingerprint density at radius 2 is 1.97 bits per heavy atom. The summed E-state index contributed by atoms with van der Waals surface area (Å²) in [6, 6.07) is 13.2. The van der Waals surface area contributed by atoms with Crippen LogP contribution in [-0.2, 0) is 18.0 Å². The van der Waals surface area contributed by atoms with E-state index in [1.54, 1.807) is 20.4 Å². The molecule has 0 aliphatic heterocycles. The number of rotatable bonds is 9. The number of pyridine rings is 1. The van der Waals surface area contributed by atoms with Gasteiger partial charge in [-0.2, -0.15) is 4.98 Å². The molecule has 1 aromatic carbocycles. The maximum absolute atomic E-state index is 13.2. The van der Waals surface area contributed by atoms with Gasteiger partial charge in [0.1, 0.15) is 23.8 Å². The van der Waals surface area contributed by atoms with Gasteiger partial charge >= 0.3 is 0 Å². The fraction of sp³-hybridized carbons (Fsp3) is 0.280. The van der Waals surface area contributed by atoms with Gasteiger partial charge in [0.2, 0.25) is 5.88 Å². The van der Waals surface area contributed by atoms with E-state index in [0.717, 1.165) is 22.2 Å². The van der Waals surface area contributed by atoms with Gasteiger partial charge in [-0.3, -0.25) is 9.78 Å². The molecule has 0 spiro atoms. The van der Waals surface area contributed by atoms with E-state index in [-0.39, 0.29) is 18.6 Å². The molecule has 1 amide bonds. The zero-order chi connectivity index (χ0) is 24.1. The number of carbonyl (C=O) groups is 1. The summed E-state index contributed by atoms with van der Waals surface area (Å²) >= 11 is 1.32. The molecule has 0 saturated carbocycles. The van der Waals surface area contributed by atoms with Gasteiger partial charge in [0.25, 0.3) is 5.91 Å². The number of fused-ring (bicyclic) bond motifs is 1. The van der Waals surface area contributed by atoms with Gasteiger partial charge < -0.3 is 19.5 Å². The van der Waals surface area contributed by atoms with Crippen molar-refractivity contribution in [1.29, 1.82) is 0 Å². The van der Waals surface area contributed by atoms with Gasteiger partial charge in [-0.1, -0.05) is 18.2 Å². The Labute approximate surface area is 201 Å². The number of nitrogens with zero attached hydrogens (tertiary/aromatic N) is 3. The molecule has 3 heterocycles. The van der Waals surface area contributed by atoms with Crippen LogP contribution in [0.3, 0.4) is 0 Å². The first-order chi connectivity index (χ1) is 16.5. The summed E-state index contributed by atoms with van der Waals surface area (Å²) in [5.41, 5.74) is 2.57. The summed E-state index contributed by atoms with van der Waals surface area (Å²) in [6.07, 6.45) is 1.74. The topological polar surface area (TPSA) is 95.5 Å². The van der Waals surface area contributed by atoms with Crippen LogP contribution in [0.2, 0.25) is 0 Å². The smallest absolute Gasteiger partial charge is 0.262 e. The number of methoxy groups -OCH3 is 2. The number of hydrogen-bond donors (Lipinski definition) is 1. The van der Waals surface area contributed by atoms with Crippen LogP contribution in [-0.4, -0.2) is 35.1 Å². The lowest BCUT2D eigenvalue weighted by Crippen LogP contribution is -2.26. The molecule has 3 aromatic heterocycles. The molecule has 4 aromatic rings. The monoisotopic (exact) mass is 478 g/mol. The average molecular weight is 479 g/mol. The molecule has 34 heavy (non-hydrogen) atoms. The van der Waals surface area contributed by atoms with Crippen LogP contribution >= 0.6 is 11.3 Å². The largest absolute Gasteiger partial charge is 0.487 e. The Morgan fingerprint density at radius 3 is 2.71 bits per heavy atom. The zero-order valence-electron chi connectivity index (χ0n) is 19.5. The molecular weight excluding hydrogens is 452 g/mol. The number of aryl methyl sites for hydroxylation is 1. The molecule has 0 aliphatic carbocycles. The minimum Gasteiger partial charge on any atom is -0.487 e. The van der Waals surface area contributed by atoms with Gasteiger partial charge in [-0.05, 0) is 49.2 Å². The zero-order valence-corrected chi connectivity index (χ0v) is 20.3. The van der Waals surface area contributed by atoms with Crippen LogP contribution in [0, 0.1) is 6.92 Å². The lowest BCUT2D eigenvalue weighted by atomic mass is 10.1. The number of benzene rings is 1. The molecule has 1 N–H and O–H groups in total. The summed E-state index contributed by atoms with van der Waals surface area (Å²) in [6.45, 7) is 4.46. The highest BCUT2D eigenvalue weighted by atomic mass is 32.1. The van der Waals surface area contributed by atoms with E-state index >= 15 is 0 Å². The van der Waals surface area contributed by atoms with Crippen molar-refractivity contribution in [2.24, 2.45) is 0 Å². The second kappa shape index (κ2) is 10.6. The highest BCUT2D eigenvalue weighted by molar-refractivity contribution is 7.20. The van der Waals surface area contributed by atoms with Gasteiger partial charge in [-0.15, -0.1) is 11.3 Å². The molecule has 0 saturated heterocycles. The molecule has 0 radical (unpaired) electrons. The predicted octanol–water partition coefficient (Wildman–Crippen LogP) is 4.62. The van der Waals surface area contributed by atoms with E-state index in [9.17, 15) is 4.79 Å². The Morgan fingerprint density at radius 1 is 1.12 bits per heavy atom. The highest BCUT2D eigenvalue weighted by Gasteiger charge is 2.22. The van der Waals surface area contributed by atoms with Crippen molar-refractivity contribution in [3.05, 3.63) is 76.2 Å². The van der Waals surface area contributed by atoms with Gasteiger partial charge in [0.15, 0.2) is 5.82 Å². The quantitative estimate of drug-likeness (QED) is 0.375. The lowest BCUT2D eigenvalue weighted by Gasteiger charge is -2.15. The maximum Gasteiger partial charge on any atom is 0.262 e. The van der Waals surface area contributed by atoms with Crippen molar-refractivity contribution in [3.8, 4) is 11.6 Å². The van der Waals surface area contributed by atoms with Crippen molar-refractivity contribution in [2.75, 3.05) is 14.2 Å². The van der Waals surface area contributed by atoms with E-state index in [1.807, 2.05) is 56.3 Å². The minimum absolute atomic E-state index is 0.178. The van der Waals surface area contributed by atoms with Gasteiger partial charge in [0, 0.05) is 13.3 Å². The number of ether oxygens (including phenoxy) is 3. The molecule has 0 aliphatic rings. The first-order valence-electron chi connectivity index (χ1n) is 10.8. The van der Waals surface area contributed by atoms with E-state index in [0.29, 0.717) is 33.8 Å². The first kappa shape index (κ1) is 23.6. The van der Waals surface area contributed by atoms with Gasteiger partial charge in [-0.25, -0.2) is 4.98 Å². The molecule has 1 unspecified atom stereocenters. The average Bonchev–Trinajstić information content (AvgIpc) is 3.19. The molecule has 0 fully saturated rings. The predicted molar refractivity (Wildman–Crippen MR) is 130 cm³/mol. The molecule has 4 rings (SSSR count). The molecule has 176 valence electrons. The van der Waals surface area contributed by atoms with E-state index in [2.05, 4.69) is 20.3 Å². The van der Waals surface area contributed by atoms with E-state index in [1.165, 1.54) is 11.3 Å². The Balaban J connectivity index is 1.51. The fourth-order valence-electron chi connectivity index (χ4n) is 3.56. The third kappa shape index (κ3) is 5.16. The number of aromatic nitrogens is 3. The van der Waals surface area contributed by atoms with Crippen LogP contribution in [0.4, 0.5) is 0 Å². The van der Waals surface area contributed by atoms with Crippen molar-refractivity contribution in [3.63, 3.8) is 0 Å². The number of nitrogens with one attached hydrogen (secondary N) is 1. The summed E-state index contributed by atoms with van der Waals surface area (Å²) in [7, 11) is 3.14. The molecule has 9 heteroatoms. The van der Waals surface area contributed by atoms with Crippen LogP contribution in [0.15, 0.2) is 48.7 Å². The highest BCUT2D eigenvalue weighted by Crippen LogP contribution is 2.35. The van der Waals surface area contributed by atoms with E-state index < -0.39 is 0 Å². The van der Waals surface area contributed by atoms with Crippen LogP contribution in [0.25, 0.3) is 10.2 Å². The minimum atomic E-state index is -0.229. The summed E-state index contributed by atoms with van der Waals surface area (Å²) < 4.78 is 16.5. The van der Waals surface area contributed by atoms with Crippen LogP contribution in [0.5, 0.6) is 11.6 Å². The lowest BCUT2D eigenvalue weighted by molar-refractivity contribution is 0.0943. The summed E-state index contributed by atoms with van der Waals surface area (Å²) in [5.74, 6) is 1.49. The first-order valence-corrected chi connectivity index (χ1v) is 11.6. The normalized spacial score (nSPS) is 11.9. The molecule has 0 bridgehead atoms. The van der Waals surface area contributed by atoms with Crippen molar-refractivity contribution < 1.29 is 19.0 Å². The van der Waals surface area contributed by atoms with Crippen LogP contribution in [0.1, 0.15) is 45.3 Å². The second-order valence-corrected chi connectivity index (χ2v) is 8.69. The van der Waals surface area contributed by atoms with Crippen molar-refractivity contribution in [2.45, 2.75) is 33.1 Å². The van der Waals surface area contributed by atoms with Crippen LogP contribution < -0.4 is 14.8 Å². The molecule has 8 nitrogen and oxygen atoms in total. The summed E-state index contributed by atoms with van der Waals surface area (Å²) in [5, 5.41) is 3.83. The number of carbonyl (C=O) groups excluding carboxylic acids is 1. The Kier molecular flexibility index (Phi) is 7.34. The third-order valence-electron chi connectivity index (χ3n) is 5.29. The standard InChI is InChI=1S/C25H26N4O4S/c1-15-21-24(32-4)28-20(14-31-3)29-25(21)34-22(15)23(30)27-16(2)17-8-7-10-19(12-17)33-13-18-9-5-6-11-26-18/h5-12,16H,13-14H2,1-4H3,(H,27,30). The number of amides is 1. The third-order valence-corrected chi connectivity index (χ3v) is 6.48. The van der Waals surface area contributed by atoms with E-state index in [4.69, 9.17) is 14.2 Å². The van der Waals surface area contributed by atoms with Gasteiger partial charge in [0.05, 0.1) is 29.1 Å². The van der Waals surface area contributed by atoms with Crippen molar-refractivity contribution >= 4 is 27.5 Å². The second-order valence-electron chi connectivity index (χ2n) is 7.70.